The van der Waals surface area contributed by atoms with Crippen LogP contribution in [0.5, 0.6) is 0 Å². The lowest BCUT2D eigenvalue weighted by Crippen LogP contribution is -2.44. The van der Waals surface area contributed by atoms with E-state index in [0.29, 0.717) is 12.1 Å². The smallest absolute Gasteiger partial charge is 0.338 e. The van der Waals surface area contributed by atoms with Crippen molar-refractivity contribution < 1.29 is 17.9 Å². The molecule has 0 saturated carbocycles. The summed E-state index contributed by atoms with van der Waals surface area (Å²) in [5.74, 6) is -0.539. The van der Waals surface area contributed by atoms with Gasteiger partial charge in [-0.1, -0.05) is 6.07 Å². The zero-order valence-corrected chi connectivity index (χ0v) is 15.0. The van der Waals surface area contributed by atoms with E-state index in [1.807, 2.05) is 0 Å². The summed E-state index contributed by atoms with van der Waals surface area (Å²) < 4.78 is 32.0. The number of sulfonamides is 1. The molecule has 2 rings (SSSR count). The quantitative estimate of drug-likeness (QED) is 0.542. The molecule has 7 nitrogen and oxygen atoms in total. The second-order valence-corrected chi connectivity index (χ2v) is 7.58. The average Bonchev–Trinajstić information content (AvgIpc) is 2.59. The van der Waals surface area contributed by atoms with Gasteiger partial charge in [-0.05, 0) is 37.6 Å². The Labute approximate surface area is 143 Å². The number of hydrogen-bond donors (Lipinski definition) is 2. The summed E-state index contributed by atoms with van der Waals surface area (Å²) >= 11 is 0. The fourth-order valence-corrected chi connectivity index (χ4v) is 3.73. The van der Waals surface area contributed by atoms with E-state index in [1.165, 1.54) is 19.2 Å². The van der Waals surface area contributed by atoms with E-state index < -0.39 is 16.0 Å². The molecular formula is C16H25N3O4S. The third-order valence-corrected chi connectivity index (χ3v) is 5.54. The minimum Gasteiger partial charge on any atom is -0.465 e. The first-order chi connectivity index (χ1) is 11.4. The second kappa shape index (κ2) is 8.57. The standard InChI is InChI=1S/C16H25N3O4S/c1-13-4-5-14(12-15(13)16(20)23-2)24(21,22)18-6-3-9-19-10-7-17-8-11-19/h4-5,12,17-18H,3,6-11H2,1-2H3. The van der Waals surface area contributed by atoms with Gasteiger partial charge in [0.1, 0.15) is 0 Å². The number of carbonyl (C=O) groups is 1. The molecule has 0 bridgehead atoms. The maximum atomic E-state index is 12.4. The van der Waals surface area contributed by atoms with Gasteiger partial charge in [0.15, 0.2) is 0 Å². The van der Waals surface area contributed by atoms with Crippen molar-refractivity contribution in [1.29, 1.82) is 0 Å². The van der Waals surface area contributed by atoms with E-state index in [4.69, 9.17) is 0 Å². The third kappa shape index (κ3) is 5.01. The molecule has 1 saturated heterocycles. The maximum absolute atomic E-state index is 12.4. The Hall–Kier alpha value is -1.48. The first kappa shape index (κ1) is 18.9. The lowest BCUT2D eigenvalue weighted by molar-refractivity contribution is 0.0599. The molecule has 8 heteroatoms. The molecule has 24 heavy (non-hydrogen) atoms. The van der Waals surface area contributed by atoms with Crippen LogP contribution in [0.1, 0.15) is 22.3 Å². The Bertz CT molecular complexity index is 670. The minimum atomic E-state index is -3.63. The van der Waals surface area contributed by atoms with E-state index in [9.17, 15) is 13.2 Å². The van der Waals surface area contributed by atoms with Gasteiger partial charge in [0.25, 0.3) is 0 Å². The molecule has 1 aromatic rings. The highest BCUT2D eigenvalue weighted by Gasteiger charge is 2.18. The summed E-state index contributed by atoms with van der Waals surface area (Å²) in [4.78, 5) is 14.1. The summed E-state index contributed by atoms with van der Waals surface area (Å²) in [6.45, 7) is 6.92. The molecule has 1 aliphatic rings. The van der Waals surface area contributed by atoms with Gasteiger partial charge in [-0.3, -0.25) is 0 Å². The van der Waals surface area contributed by atoms with Gasteiger partial charge in [-0.25, -0.2) is 17.9 Å². The summed E-state index contributed by atoms with van der Waals surface area (Å²) in [5, 5.41) is 3.28. The second-order valence-electron chi connectivity index (χ2n) is 5.81. The van der Waals surface area contributed by atoms with Gasteiger partial charge in [-0.2, -0.15) is 0 Å². The van der Waals surface area contributed by atoms with Crippen LogP contribution in [0.25, 0.3) is 0 Å². The molecule has 0 spiro atoms. The number of hydrogen-bond acceptors (Lipinski definition) is 6. The highest BCUT2D eigenvalue weighted by Crippen LogP contribution is 2.16. The van der Waals surface area contributed by atoms with Crippen molar-refractivity contribution >= 4 is 16.0 Å². The van der Waals surface area contributed by atoms with E-state index >= 15 is 0 Å². The molecule has 1 heterocycles. The minimum absolute atomic E-state index is 0.0793. The molecule has 0 atom stereocenters. The van der Waals surface area contributed by atoms with Crippen molar-refractivity contribution in [2.24, 2.45) is 0 Å². The monoisotopic (exact) mass is 355 g/mol. The van der Waals surface area contributed by atoms with Gasteiger partial charge < -0.3 is 15.0 Å². The van der Waals surface area contributed by atoms with Crippen LogP contribution >= 0.6 is 0 Å². The number of esters is 1. The molecule has 0 radical (unpaired) electrons. The zero-order chi connectivity index (χ0) is 17.6. The summed E-state index contributed by atoms with van der Waals surface area (Å²) in [6, 6.07) is 4.47. The van der Waals surface area contributed by atoms with Crippen LogP contribution in [0.3, 0.4) is 0 Å². The van der Waals surface area contributed by atoms with E-state index in [0.717, 1.165) is 39.1 Å². The number of aryl methyl sites for hydroxylation is 1. The first-order valence-electron chi connectivity index (χ1n) is 8.06. The highest BCUT2D eigenvalue weighted by molar-refractivity contribution is 7.89. The number of ether oxygens (including phenoxy) is 1. The maximum Gasteiger partial charge on any atom is 0.338 e. The molecule has 2 N–H and O–H groups in total. The molecule has 134 valence electrons. The van der Waals surface area contributed by atoms with Gasteiger partial charge in [0.05, 0.1) is 17.6 Å². The Kier molecular flexibility index (Phi) is 6.73. The van der Waals surface area contributed by atoms with E-state index in [2.05, 4.69) is 19.7 Å². The van der Waals surface area contributed by atoms with Crippen molar-refractivity contribution in [2.75, 3.05) is 46.4 Å². The number of benzene rings is 1. The van der Waals surface area contributed by atoms with Crippen LogP contribution in [0.4, 0.5) is 0 Å². The van der Waals surface area contributed by atoms with Crippen molar-refractivity contribution in [3.63, 3.8) is 0 Å². The summed E-state index contributed by atoms with van der Waals surface area (Å²) in [5.41, 5.74) is 0.945. The van der Waals surface area contributed by atoms with Gasteiger partial charge in [0, 0.05) is 32.7 Å². The normalized spacial score (nSPS) is 16.1. The van der Waals surface area contributed by atoms with Crippen molar-refractivity contribution in [3.05, 3.63) is 29.3 Å². The predicted molar refractivity (Wildman–Crippen MR) is 91.6 cm³/mol. The predicted octanol–water partition coefficient (Wildman–Crippen LogP) is 0.355. The molecular weight excluding hydrogens is 330 g/mol. The van der Waals surface area contributed by atoms with Crippen molar-refractivity contribution in [2.45, 2.75) is 18.2 Å². The van der Waals surface area contributed by atoms with Crippen LogP contribution in [0.2, 0.25) is 0 Å². The average molecular weight is 355 g/mol. The molecule has 1 aliphatic heterocycles. The number of carbonyl (C=O) groups excluding carboxylic acids is 1. The van der Waals surface area contributed by atoms with Crippen LogP contribution in [0.15, 0.2) is 23.1 Å². The molecule has 1 aromatic carbocycles. The van der Waals surface area contributed by atoms with Crippen molar-refractivity contribution in [1.82, 2.24) is 14.9 Å². The lowest BCUT2D eigenvalue weighted by atomic mass is 10.1. The van der Waals surface area contributed by atoms with Gasteiger partial charge >= 0.3 is 5.97 Å². The number of piperazine rings is 1. The van der Waals surface area contributed by atoms with E-state index in [-0.39, 0.29) is 10.5 Å². The van der Waals surface area contributed by atoms with Gasteiger partial charge in [-0.15, -0.1) is 0 Å². The SMILES string of the molecule is COC(=O)c1cc(S(=O)(=O)NCCCN2CCNCC2)ccc1C. The van der Waals surface area contributed by atoms with Crippen LogP contribution < -0.4 is 10.0 Å². The fraction of sp³-hybridized carbons (Fsp3) is 0.562. The highest BCUT2D eigenvalue weighted by atomic mass is 32.2. The van der Waals surface area contributed by atoms with Crippen LogP contribution in [-0.4, -0.2) is 65.7 Å². The Morgan fingerprint density at radius 1 is 1.33 bits per heavy atom. The lowest BCUT2D eigenvalue weighted by Gasteiger charge is -2.27. The Balaban J connectivity index is 1.93. The summed E-state index contributed by atoms with van der Waals surface area (Å²) in [7, 11) is -2.36. The van der Waals surface area contributed by atoms with Crippen LogP contribution in [0, 0.1) is 6.92 Å². The Morgan fingerprint density at radius 3 is 2.71 bits per heavy atom. The molecule has 0 amide bonds. The summed E-state index contributed by atoms with van der Waals surface area (Å²) in [6.07, 6.45) is 0.745. The topological polar surface area (TPSA) is 87.7 Å². The number of nitrogens with zero attached hydrogens (tertiary/aromatic N) is 1. The number of nitrogens with one attached hydrogen (secondary N) is 2. The number of methoxy groups -OCH3 is 1. The van der Waals surface area contributed by atoms with E-state index in [1.54, 1.807) is 13.0 Å². The molecule has 0 aromatic heterocycles. The first-order valence-corrected chi connectivity index (χ1v) is 9.54. The largest absolute Gasteiger partial charge is 0.465 e. The zero-order valence-electron chi connectivity index (χ0n) is 14.2. The number of rotatable bonds is 7. The molecule has 1 fully saturated rings. The molecule has 0 aliphatic carbocycles. The van der Waals surface area contributed by atoms with Gasteiger partial charge in [0.2, 0.25) is 10.0 Å². The van der Waals surface area contributed by atoms with Crippen LogP contribution in [-0.2, 0) is 14.8 Å². The molecule has 0 unspecified atom stereocenters. The Morgan fingerprint density at radius 2 is 2.04 bits per heavy atom. The van der Waals surface area contributed by atoms with Crippen molar-refractivity contribution in [3.8, 4) is 0 Å². The fourth-order valence-electron chi connectivity index (χ4n) is 2.63. The third-order valence-electron chi connectivity index (χ3n) is 4.08.